The quantitative estimate of drug-likeness (QED) is 0.661. The molecule has 0 unspecified atom stereocenters. The van der Waals surface area contributed by atoms with Crippen LogP contribution in [0, 0.1) is 10.1 Å². The van der Waals surface area contributed by atoms with Crippen LogP contribution in [0.1, 0.15) is 19.4 Å². The van der Waals surface area contributed by atoms with Gasteiger partial charge in [-0.05, 0) is 19.9 Å². The second kappa shape index (κ2) is 5.44. The SMILES string of the molecule is CC(C)(N)CS(=O)(=O)Cc1c(Cl)cccc1[N+](=O)[O-]. The summed E-state index contributed by atoms with van der Waals surface area (Å²) in [6.07, 6.45) is 0. The normalized spacial score (nSPS) is 12.4. The van der Waals surface area contributed by atoms with Crippen LogP contribution in [-0.4, -0.2) is 24.6 Å². The first-order chi connectivity index (χ1) is 8.52. The highest BCUT2D eigenvalue weighted by Gasteiger charge is 2.27. The van der Waals surface area contributed by atoms with E-state index in [2.05, 4.69) is 0 Å². The highest BCUT2D eigenvalue weighted by molar-refractivity contribution is 7.90. The van der Waals surface area contributed by atoms with Crippen LogP contribution in [0.5, 0.6) is 0 Å². The van der Waals surface area contributed by atoms with E-state index in [4.69, 9.17) is 17.3 Å². The first kappa shape index (κ1) is 15.9. The zero-order valence-electron chi connectivity index (χ0n) is 10.6. The molecule has 0 aliphatic rings. The molecule has 0 saturated carbocycles. The molecule has 1 rings (SSSR count). The maximum absolute atomic E-state index is 12.0. The van der Waals surface area contributed by atoms with E-state index < -0.39 is 26.1 Å². The Hall–Kier alpha value is -1.18. The molecule has 0 bridgehead atoms. The molecule has 1 aromatic carbocycles. The number of nitro benzene ring substituents is 1. The predicted molar refractivity (Wildman–Crippen MR) is 73.9 cm³/mol. The molecule has 0 aliphatic heterocycles. The molecule has 0 aliphatic carbocycles. The average Bonchev–Trinajstić information content (AvgIpc) is 2.16. The van der Waals surface area contributed by atoms with Gasteiger partial charge in [0.1, 0.15) is 0 Å². The van der Waals surface area contributed by atoms with Crippen molar-refractivity contribution in [3.8, 4) is 0 Å². The molecular weight excluding hydrogens is 292 g/mol. The maximum atomic E-state index is 12.0. The fourth-order valence-electron chi connectivity index (χ4n) is 1.70. The zero-order chi connectivity index (χ0) is 14.8. The van der Waals surface area contributed by atoms with Gasteiger partial charge >= 0.3 is 0 Å². The van der Waals surface area contributed by atoms with Gasteiger partial charge < -0.3 is 5.73 Å². The third-order valence-corrected chi connectivity index (χ3v) is 4.51. The fraction of sp³-hybridized carbons (Fsp3) is 0.455. The van der Waals surface area contributed by atoms with Crippen molar-refractivity contribution in [1.82, 2.24) is 0 Å². The Labute approximate surface area is 116 Å². The van der Waals surface area contributed by atoms with E-state index in [1.165, 1.54) is 18.2 Å². The van der Waals surface area contributed by atoms with E-state index in [0.717, 1.165) is 0 Å². The Kier molecular flexibility index (Phi) is 4.54. The highest BCUT2D eigenvalue weighted by atomic mass is 35.5. The van der Waals surface area contributed by atoms with E-state index in [1.807, 2.05) is 0 Å². The summed E-state index contributed by atoms with van der Waals surface area (Å²) in [4.78, 5) is 10.2. The van der Waals surface area contributed by atoms with Gasteiger partial charge in [0.15, 0.2) is 9.84 Å². The van der Waals surface area contributed by atoms with Gasteiger partial charge in [0.05, 0.1) is 27.0 Å². The summed E-state index contributed by atoms with van der Waals surface area (Å²) < 4.78 is 24.0. The lowest BCUT2D eigenvalue weighted by Gasteiger charge is -2.18. The molecule has 0 radical (unpaired) electrons. The van der Waals surface area contributed by atoms with Crippen molar-refractivity contribution in [3.05, 3.63) is 38.9 Å². The van der Waals surface area contributed by atoms with Crippen molar-refractivity contribution >= 4 is 27.1 Å². The molecule has 0 aromatic heterocycles. The number of nitro groups is 1. The van der Waals surface area contributed by atoms with E-state index in [9.17, 15) is 18.5 Å². The number of nitrogens with two attached hydrogens (primary N) is 1. The Morgan fingerprint density at radius 3 is 2.47 bits per heavy atom. The van der Waals surface area contributed by atoms with Crippen molar-refractivity contribution in [1.29, 1.82) is 0 Å². The minimum absolute atomic E-state index is 0.00147. The van der Waals surface area contributed by atoms with Crippen molar-refractivity contribution < 1.29 is 13.3 Å². The maximum Gasteiger partial charge on any atom is 0.275 e. The van der Waals surface area contributed by atoms with Gasteiger partial charge in [-0.2, -0.15) is 0 Å². The summed E-state index contributed by atoms with van der Waals surface area (Å²) in [6, 6.07) is 4.06. The number of nitrogens with zero attached hydrogens (tertiary/aromatic N) is 1. The Balaban J connectivity index is 3.16. The number of hydrogen-bond donors (Lipinski definition) is 1. The van der Waals surface area contributed by atoms with Crippen LogP contribution in [0.15, 0.2) is 18.2 Å². The van der Waals surface area contributed by atoms with Crippen LogP contribution in [0.25, 0.3) is 0 Å². The lowest BCUT2D eigenvalue weighted by Crippen LogP contribution is -2.40. The van der Waals surface area contributed by atoms with Crippen molar-refractivity contribution in [2.45, 2.75) is 25.1 Å². The molecule has 0 heterocycles. The predicted octanol–water partition coefficient (Wildman–Crippen LogP) is 1.90. The van der Waals surface area contributed by atoms with Crippen molar-refractivity contribution in [2.24, 2.45) is 5.73 Å². The number of benzene rings is 1. The van der Waals surface area contributed by atoms with Gasteiger partial charge in [-0.1, -0.05) is 17.7 Å². The minimum Gasteiger partial charge on any atom is -0.325 e. The fourth-order valence-corrected chi connectivity index (χ4v) is 3.99. The number of sulfone groups is 1. The van der Waals surface area contributed by atoms with E-state index in [0.29, 0.717) is 0 Å². The van der Waals surface area contributed by atoms with Crippen LogP contribution in [0.4, 0.5) is 5.69 Å². The van der Waals surface area contributed by atoms with E-state index >= 15 is 0 Å². The Morgan fingerprint density at radius 2 is 2.00 bits per heavy atom. The zero-order valence-corrected chi connectivity index (χ0v) is 12.2. The van der Waals surface area contributed by atoms with E-state index in [1.54, 1.807) is 13.8 Å². The van der Waals surface area contributed by atoms with Crippen LogP contribution in [0.3, 0.4) is 0 Å². The molecule has 0 fully saturated rings. The van der Waals surface area contributed by atoms with E-state index in [-0.39, 0.29) is 22.0 Å². The summed E-state index contributed by atoms with van der Waals surface area (Å²) in [7, 11) is -3.58. The number of halogens is 1. The molecule has 0 atom stereocenters. The molecule has 0 spiro atoms. The molecular formula is C11H15ClN2O4S. The van der Waals surface area contributed by atoms with Crippen LogP contribution in [0.2, 0.25) is 5.02 Å². The van der Waals surface area contributed by atoms with Gasteiger partial charge in [0, 0.05) is 11.6 Å². The molecule has 19 heavy (non-hydrogen) atoms. The molecule has 0 saturated heterocycles. The van der Waals surface area contributed by atoms with Crippen LogP contribution in [-0.2, 0) is 15.6 Å². The third kappa shape index (κ3) is 4.77. The largest absolute Gasteiger partial charge is 0.325 e. The van der Waals surface area contributed by atoms with Gasteiger partial charge in [-0.15, -0.1) is 0 Å². The Morgan fingerprint density at radius 1 is 1.42 bits per heavy atom. The van der Waals surface area contributed by atoms with Gasteiger partial charge in [0.25, 0.3) is 5.69 Å². The van der Waals surface area contributed by atoms with Crippen molar-refractivity contribution in [2.75, 3.05) is 5.75 Å². The molecule has 6 nitrogen and oxygen atoms in total. The lowest BCUT2D eigenvalue weighted by molar-refractivity contribution is -0.385. The lowest BCUT2D eigenvalue weighted by atomic mass is 10.1. The summed E-state index contributed by atoms with van der Waals surface area (Å²) in [5, 5.41) is 10.9. The molecule has 8 heteroatoms. The summed E-state index contributed by atoms with van der Waals surface area (Å²) in [5.41, 5.74) is 4.46. The summed E-state index contributed by atoms with van der Waals surface area (Å²) in [6.45, 7) is 3.15. The van der Waals surface area contributed by atoms with Crippen LogP contribution >= 0.6 is 11.6 Å². The average molecular weight is 307 g/mol. The van der Waals surface area contributed by atoms with Gasteiger partial charge in [-0.25, -0.2) is 8.42 Å². The molecule has 106 valence electrons. The summed E-state index contributed by atoms with van der Waals surface area (Å²) >= 11 is 5.85. The van der Waals surface area contributed by atoms with Crippen molar-refractivity contribution in [3.63, 3.8) is 0 Å². The molecule has 2 N–H and O–H groups in total. The Bertz CT molecular complexity index is 593. The second-order valence-corrected chi connectivity index (χ2v) is 7.49. The molecule has 0 amide bonds. The van der Waals surface area contributed by atoms with Gasteiger partial charge in [-0.3, -0.25) is 10.1 Å². The van der Waals surface area contributed by atoms with Crippen LogP contribution < -0.4 is 5.73 Å². The standard InChI is InChI=1S/C11H15ClN2O4S/c1-11(2,13)7-19(17,18)6-8-9(12)4-3-5-10(8)14(15)16/h3-5H,6-7,13H2,1-2H3. The highest BCUT2D eigenvalue weighted by Crippen LogP contribution is 2.28. The topological polar surface area (TPSA) is 103 Å². The summed E-state index contributed by atoms with van der Waals surface area (Å²) in [5.74, 6) is -0.772. The minimum atomic E-state index is -3.58. The van der Waals surface area contributed by atoms with Gasteiger partial charge in [0.2, 0.25) is 0 Å². The second-order valence-electron chi connectivity index (χ2n) is 5.02. The first-order valence-electron chi connectivity index (χ1n) is 5.43. The smallest absolute Gasteiger partial charge is 0.275 e. The first-order valence-corrected chi connectivity index (χ1v) is 7.63. The number of hydrogen-bond acceptors (Lipinski definition) is 5. The third-order valence-electron chi connectivity index (χ3n) is 2.25. The monoisotopic (exact) mass is 306 g/mol. The number of rotatable bonds is 5. The molecule has 1 aromatic rings.